The first-order valence-corrected chi connectivity index (χ1v) is 12.2. The number of benzene rings is 2. The van der Waals surface area contributed by atoms with Crippen LogP contribution in [0, 0.1) is 13.8 Å². The summed E-state index contributed by atoms with van der Waals surface area (Å²) in [5, 5.41) is 1.63. The van der Waals surface area contributed by atoms with E-state index in [4.69, 9.17) is 51.2 Å². The van der Waals surface area contributed by atoms with Gasteiger partial charge in [0.25, 0.3) is 0 Å². The van der Waals surface area contributed by atoms with Gasteiger partial charge >= 0.3 is 12.3 Å². The summed E-state index contributed by atoms with van der Waals surface area (Å²) < 4.78 is 11.2. The third-order valence-electron chi connectivity index (χ3n) is 4.29. The maximum absolute atomic E-state index is 8.12. The van der Waals surface area contributed by atoms with Gasteiger partial charge in [-0.1, -0.05) is 71.2 Å². The average Bonchev–Trinajstić information content (AvgIpc) is 3.52. The zero-order chi connectivity index (χ0) is 28.2. The van der Waals surface area contributed by atoms with Crippen LogP contribution in [0.1, 0.15) is 36.8 Å². The summed E-state index contributed by atoms with van der Waals surface area (Å²) in [5.41, 5.74) is 3.32. The van der Waals surface area contributed by atoms with Crippen molar-refractivity contribution in [2.24, 2.45) is 0 Å². The van der Waals surface area contributed by atoms with E-state index in [0.717, 1.165) is 50.1 Å². The van der Waals surface area contributed by atoms with Crippen LogP contribution in [0.25, 0.3) is 11.3 Å². The number of hydrogen-bond donors (Lipinski definition) is 0. The molecule has 0 fully saturated rings. The van der Waals surface area contributed by atoms with Crippen molar-refractivity contribution in [3.63, 3.8) is 0 Å². The number of halogens is 3. The summed E-state index contributed by atoms with van der Waals surface area (Å²) in [6.45, 7) is 7.81. The standard InChI is InChI=1S/C12H12ClNO.C8H8BrCl.C4H5NO.2CO2/c1-3-9-4-5-10(6-11(9)13)12-7-14-8(2)15-12;1-2-6-3-4-7(9)5-8(6)10;1-4-5-2-3-6-4;2*2-1-3/h4-7H,3H2,1-2H3;3-5H,2H2,1H3;2-3H,1H3;;. The van der Waals surface area contributed by atoms with Crippen LogP contribution in [0.2, 0.25) is 10.0 Å². The van der Waals surface area contributed by atoms with Crippen molar-refractivity contribution in [1.29, 1.82) is 0 Å². The van der Waals surface area contributed by atoms with E-state index in [2.05, 4.69) is 39.7 Å². The zero-order valence-corrected chi connectivity index (χ0v) is 23.7. The number of rotatable bonds is 3. The second-order valence-electron chi connectivity index (χ2n) is 6.71. The van der Waals surface area contributed by atoms with Gasteiger partial charge in [-0.3, -0.25) is 0 Å². The van der Waals surface area contributed by atoms with Gasteiger partial charge in [0.15, 0.2) is 17.5 Å². The molecule has 2 aromatic heterocycles. The molecule has 0 bridgehead atoms. The maximum Gasteiger partial charge on any atom is 0.373 e. The lowest BCUT2D eigenvalue weighted by molar-refractivity contribution is -0.193. The minimum Gasteiger partial charge on any atom is -0.449 e. The highest BCUT2D eigenvalue weighted by atomic mass is 79.9. The smallest absolute Gasteiger partial charge is 0.373 e. The van der Waals surface area contributed by atoms with Crippen LogP contribution in [-0.2, 0) is 32.0 Å². The molecule has 0 aliphatic rings. The molecule has 0 aliphatic carbocycles. The molecule has 4 aromatic rings. The highest BCUT2D eigenvalue weighted by molar-refractivity contribution is 9.10. The molecule has 196 valence electrons. The van der Waals surface area contributed by atoms with Gasteiger partial charge in [0.2, 0.25) is 0 Å². The topological polar surface area (TPSA) is 120 Å². The Bertz CT molecular complexity index is 1250. The highest BCUT2D eigenvalue weighted by Gasteiger charge is 2.06. The predicted molar refractivity (Wildman–Crippen MR) is 141 cm³/mol. The number of aryl methyl sites for hydroxylation is 4. The van der Waals surface area contributed by atoms with Crippen molar-refractivity contribution in [2.45, 2.75) is 40.5 Å². The first-order valence-electron chi connectivity index (χ1n) is 10.7. The molecule has 0 unspecified atom stereocenters. The SMILES string of the molecule is CCc1ccc(-c2cnc(C)o2)cc1Cl.CCc1ccc(Br)cc1Cl.Cc1ncco1.O=C=O.O=C=O. The summed E-state index contributed by atoms with van der Waals surface area (Å²) in [5.74, 6) is 2.15. The van der Waals surface area contributed by atoms with E-state index in [1.807, 2.05) is 43.3 Å². The van der Waals surface area contributed by atoms with Gasteiger partial charge in [-0.05, 0) is 42.2 Å². The van der Waals surface area contributed by atoms with Crippen LogP contribution in [0.3, 0.4) is 0 Å². The Morgan fingerprint density at radius 3 is 1.73 bits per heavy atom. The second-order valence-corrected chi connectivity index (χ2v) is 8.44. The molecule has 8 nitrogen and oxygen atoms in total. The molecular weight excluding hydrogens is 587 g/mol. The molecule has 0 amide bonds. The summed E-state index contributed by atoms with van der Waals surface area (Å²) in [4.78, 5) is 40.3. The number of hydrogen-bond acceptors (Lipinski definition) is 8. The molecule has 4 rings (SSSR count). The van der Waals surface area contributed by atoms with Gasteiger partial charge in [-0.2, -0.15) is 19.2 Å². The van der Waals surface area contributed by atoms with E-state index < -0.39 is 0 Å². The zero-order valence-electron chi connectivity index (χ0n) is 20.6. The number of oxazole rings is 2. The molecule has 0 saturated carbocycles. The average molecular weight is 612 g/mol. The first kappa shape index (κ1) is 33.7. The fourth-order valence-electron chi connectivity index (χ4n) is 2.59. The monoisotopic (exact) mass is 610 g/mol. The lowest BCUT2D eigenvalue weighted by atomic mass is 10.1. The number of carbonyl (C=O) groups excluding carboxylic acids is 4. The molecule has 0 atom stereocenters. The van der Waals surface area contributed by atoms with Crippen molar-refractivity contribution in [3.05, 3.63) is 92.5 Å². The van der Waals surface area contributed by atoms with E-state index in [1.54, 1.807) is 25.6 Å². The Labute approximate surface area is 233 Å². The van der Waals surface area contributed by atoms with Crippen LogP contribution < -0.4 is 0 Å². The largest absolute Gasteiger partial charge is 0.449 e. The van der Waals surface area contributed by atoms with E-state index in [1.165, 1.54) is 5.56 Å². The van der Waals surface area contributed by atoms with Crippen LogP contribution >= 0.6 is 39.1 Å². The quantitative estimate of drug-likeness (QED) is 0.236. The maximum atomic E-state index is 8.12. The van der Waals surface area contributed by atoms with Crippen LogP contribution in [0.15, 0.2) is 68.4 Å². The van der Waals surface area contributed by atoms with E-state index >= 15 is 0 Å². The molecule has 0 radical (unpaired) electrons. The van der Waals surface area contributed by atoms with Crippen molar-refractivity contribution >= 4 is 51.4 Å². The van der Waals surface area contributed by atoms with Crippen LogP contribution in [0.4, 0.5) is 0 Å². The summed E-state index contributed by atoms with van der Waals surface area (Å²) in [7, 11) is 0. The molecule has 0 saturated heterocycles. The first-order chi connectivity index (χ1) is 17.7. The second kappa shape index (κ2) is 19.8. The van der Waals surface area contributed by atoms with Crippen molar-refractivity contribution in [3.8, 4) is 11.3 Å². The van der Waals surface area contributed by atoms with Crippen molar-refractivity contribution in [2.75, 3.05) is 0 Å². The third kappa shape index (κ3) is 14.1. The van der Waals surface area contributed by atoms with Gasteiger partial charge in [0, 0.05) is 33.9 Å². The Hall–Kier alpha value is -3.32. The van der Waals surface area contributed by atoms with Crippen LogP contribution in [-0.4, -0.2) is 22.3 Å². The van der Waals surface area contributed by atoms with Gasteiger partial charge in [0.05, 0.1) is 12.4 Å². The molecule has 0 aliphatic heterocycles. The minimum atomic E-state index is 0.250. The molecule has 0 spiro atoms. The van der Waals surface area contributed by atoms with Gasteiger partial charge in [-0.25, -0.2) is 9.97 Å². The number of nitrogens with zero attached hydrogens (tertiary/aromatic N) is 2. The summed E-state index contributed by atoms with van der Waals surface area (Å²) in [6, 6.07) is 11.9. The van der Waals surface area contributed by atoms with E-state index in [0.29, 0.717) is 5.89 Å². The van der Waals surface area contributed by atoms with Crippen molar-refractivity contribution < 1.29 is 28.0 Å². The molecular formula is C26H25BrCl2N2O6. The lowest BCUT2D eigenvalue weighted by Gasteiger charge is -2.02. The lowest BCUT2D eigenvalue weighted by Crippen LogP contribution is -1.83. The Morgan fingerprint density at radius 1 is 0.838 bits per heavy atom. The minimum absolute atomic E-state index is 0.250. The Balaban J connectivity index is 0.000000507. The molecule has 0 N–H and O–H groups in total. The highest BCUT2D eigenvalue weighted by Crippen LogP contribution is 2.26. The van der Waals surface area contributed by atoms with Gasteiger partial charge in [-0.15, -0.1) is 0 Å². The fourth-order valence-corrected chi connectivity index (χ4v) is 3.71. The van der Waals surface area contributed by atoms with Crippen LogP contribution in [0.5, 0.6) is 0 Å². The Morgan fingerprint density at radius 2 is 1.38 bits per heavy atom. The Kier molecular flexibility index (Phi) is 18.0. The van der Waals surface area contributed by atoms with Crippen molar-refractivity contribution in [1.82, 2.24) is 9.97 Å². The molecule has 2 aromatic carbocycles. The molecule has 2 heterocycles. The van der Waals surface area contributed by atoms with E-state index in [9.17, 15) is 0 Å². The number of aromatic nitrogens is 2. The van der Waals surface area contributed by atoms with Gasteiger partial charge in [0.1, 0.15) is 6.26 Å². The third-order valence-corrected chi connectivity index (χ3v) is 5.49. The van der Waals surface area contributed by atoms with E-state index in [-0.39, 0.29) is 12.3 Å². The normalized spacial score (nSPS) is 8.84. The van der Waals surface area contributed by atoms with Gasteiger partial charge < -0.3 is 8.83 Å². The fraction of sp³-hybridized carbons (Fsp3) is 0.231. The summed E-state index contributed by atoms with van der Waals surface area (Å²) in [6.07, 6.45) is 7.32. The predicted octanol–water partition coefficient (Wildman–Crippen LogP) is 7.35. The molecule has 11 heteroatoms. The molecule has 37 heavy (non-hydrogen) atoms. The summed E-state index contributed by atoms with van der Waals surface area (Å²) >= 11 is 15.4.